The minimum absolute atomic E-state index is 0.176. The second-order valence-corrected chi connectivity index (χ2v) is 5.62. The Morgan fingerprint density at radius 3 is 2.61 bits per heavy atom. The maximum Gasteiger partial charge on any atom is 0.230 e. The van der Waals surface area contributed by atoms with Crippen LogP contribution in [0, 0.1) is 5.92 Å². The van der Waals surface area contributed by atoms with Crippen LogP contribution >= 0.6 is 11.6 Å². The van der Waals surface area contributed by atoms with Crippen molar-refractivity contribution in [3.8, 4) is 0 Å². The summed E-state index contributed by atoms with van der Waals surface area (Å²) in [7, 11) is 0. The van der Waals surface area contributed by atoms with Crippen LogP contribution in [0.2, 0.25) is 0 Å². The lowest BCUT2D eigenvalue weighted by Gasteiger charge is -2.17. The fourth-order valence-corrected chi connectivity index (χ4v) is 2.63. The predicted molar refractivity (Wildman–Crippen MR) is 74.9 cm³/mol. The molecule has 0 bridgehead atoms. The Morgan fingerprint density at radius 1 is 1.39 bits per heavy atom. The Kier molecular flexibility index (Phi) is 4.28. The molecule has 18 heavy (non-hydrogen) atoms. The number of carbonyl (C=O) groups excluding carboxylic acids is 1. The molecule has 0 spiro atoms. The zero-order valence-corrected chi connectivity index (χ0v) is 11.5. The van der Waals surface area contributed by atoms with E-state index in [4.69, 9.17) is 11.6 Å². The lowest BCUT2D eigenvalue weighted by atomic mass is 9.95. The smallest absolute Gasteiger partial charge is 0.230 e. The highest BCUT2D eigenvalue weighted by molar-refractivity contribution is 6.17. The highest BCUT2D eigenvalue weighted by Gasteiger charge is 2.50. The molecule has 2 rings (SSSR count). The van der Waals surface area contributed by atoms with Crippen LogP contribution in [0.4, 0.5) is 0 Å². The molecule has 2 nitrogen and oxygen atoms in total. The molecule has 3 heteroatoms. The first-order valence-electron chi connectivity index (χ1n) is 6.59. The summed E-state index contributed by atoms with van der Waals surface area (Å²) in [6, 6.07) is 10.1. The van der Waals surface area contributed by atoms with E-state index in [1.807, 2.05) is 18.2 Å². The molecule has 0 aromatic heterocycles. The van der Waals surface area contributed by atoms with Gasteiger partial charge in [-0.3, -0.25) is 4.79 Å². The van der Waals surface area contributed by atoms with Gasteiger partial charge in [-0.2, -0.15) is 0 Å². The van der Waals surface area contributed by atoms with Crippen molar-refractivity contribution in [3.05, 3.63) is 35.9 Å². The lowest BCUT2D eigenvalue weighted by molar-refractivity contribution is -0.123. The topological polar surface area (TPSA) is 29.1 Å². The number of amides is 1. The molecule has 1 unspecified atom stereocenters. The molecule has 1 N–H and O–H groups in total. The van der Waals surface area contributed by atoms with Crippen LogP contribution in [0.25, 0.3) is 0 Å². The first kappa shape index (κ1) is 13.4. The number of halogens is 1. The Bertz CT molecular complexity index is 400. The van der Waals surface area contributed by atoms with Crippen molar-refractivity contribution in [1.82, 2.24) is 5.32 Å². The Labute approximate surface area is 114 Å². The average Bonchev–Trinajstić information content (AvgIpc) is 3.19. The fraction of sp³-hybridized carbons (Fsp3) is 0.533. The Balaban J connectivity index is 1.93. The predicted octanol–water partition coefficient (Wildman–Crippen LogP) is 3.10. The molecule has 0 aliphatic heterocycles. The standard InChI is InChI=1S/C15H20ClNO/c1-12(7-10-16)11-17-14(18)15(8-9-15)13-5-3-2-4-6-13/h2-6,12H,7-11H2,1H3,(H,17,18). The van der Waals surface area contributed by atoms with Gasteiger partial charge in [0.1, 0.15) is 0 Å². The van der Waals surface area contributed by atoms with Crippen molar-refractivity contribution in [2.75, 3.05) is 12.4 Å². The van der Waals surface area contributed by atoms with Crippen molar-refractivity contribution in [1.29, 1.82) is 0 Å². The van der Waals surface area contributed by atoms with Crippen molar-refractivity contribution >= 4 is 17.5 Å². The summed E-state index contributed by atoms with van der Waals surface area (Å²) in [4.78, 5) is 12.3. The molecule has 1 amide bonds. The highest BCUT2D eigenvalue weighted by Crippen LogP contribution is 2.48. The van der Waals surface area contributed by atoms with Crippen LogP contribution in [0.5, 0.6) is 0 Å². The summed E-state index contributed by atoms with van der Waals surface area (Å²) in [5.41, 5.74) is 0.898. The second kappa shape index (κ2) is 5.75. The summed E-state index contributed by atoms with van der Waals surface area (Å²) in [5, 5.41) is 3.07. The summed E-state index contributed by atoms with van der Waals surface area (Å²) in [6.45, 7) is 2.84. The van der Waals surface area contributed by atoms with Crippen molar-refractivity contribution < 1.29 is 4.79 Å². The minimum atomic E-state index is -0.248. The van der Waals surface area contributed by atoms with E-state index in [2.05, 4.69) is 24.4 Å². The minimum Gasteiger partial charge on any atom is -0.355 e. The molecular formula is C15H20ClNO. The number of carbonyl (C=O) groups is 1. The van der Waals surface area contributed by atoms with Gasteiger partial charge in [0, 0.05) is 12.4 Å². The third-order valence-electron chi connectivity index (χ3n) is 3.72. The summed E-state index contributed by atoms with van der Waals surface area (Å²) in [6.07, 6.45) is 2.87. The van der Waals surface area contributed by atoms with Crippen LogP contribution in [0.15, 0.2) is 30.3 Å². The molecule has 1 saturated carbocycles. The molecular weight excluding hydrogens is 246 g/mol. The number of hydrogen-bond donors (Lipinski definition) is 1. The number of benzene rings is 1. The molecule has 0 radical (unpaired) electrons. The number of alkyl halides is 1. The van der Waals surface area contributed by atoms with Gasteiger partial charge in [-0.1, -0.05) is 37.3 Å². The monoisotopic (exact) mass is 265 g/mol. The zero-order valence-electron chi connectivity index (χ0n) is 10.8. The normalized spacial score (nSPS) is 18.1. The Hall–Kier alpha value is -1.02. The van der Waals surface area contributed by atoms with E-state index in [1.165, 1.54) is 0 Å². The van der Waals surface area contributed by atoms with E-state index < -0.39 is 0 Å². The van der Waals surface area contributed by atoms with Gasteiger partial charge >= 0.3 is 0 Å². The molecule has 1 aliphatic carbocycles. The fourth-order valence-electron chi connectivity index (χ4n) is 2.25. The lowest BCUT2D eigenvalue weighted by Crippen LogP contribution is -2.37. The van der Waals surface area contributed by atoms with Gasteiger partial charge in [-0.25, -0.2) is 0 Å². The van der Waals surface area contributed by atoms with Crippen molar-refractivity contribution in [3.63, 3.8) is 0 Å². The van der Waals surface area contributed by atoms with Crippen LogP contribution in [0.3, 0.4) is 0 Å². The first-order valence-corrected chi connectivity index (χ1v) is 7.12. The molecule has 98 valence electrons. The second-order valence-electron chi connectivity index (χ2n) is 5.24. The van der Waals surface area contributed by atoms with Gasteiger partial charge in [-0.15, -0.1) is 11.6 Å². The molecule has 0 heterocycles. The summed E-state index contributed by atoms with van der Waals surface area (Å²) in [5.74, 6) is 1.27. The van der Waals surface area contributed by atoms with E-state index in [0.717, 1.165) is 31.4 Å². The average molecular weight is 266 g/mol. The molecule has 1 aromatic rings. The maximum absolute atomic E-state index is 12.3. The molecule has 1 aliphatic rings. The SMILES string of the molecule is CC(CCCl)CNC(=O)C1(c2ccccc2)CC1. The van der Waals surface area contributed by atoms with E-state index in [9.17, 15) is 4.79 Å². The van der Waals surface area contributed by atoms with E-state index in [1.54, 1.807) is 0 Å². The molecule has 0 saturated heterocycles. The van der Waals surface area contributed by atoms with Crippen molar-refractivity contribution in [2.45, 2.75) is 31.6 Å². The summed E-state index contributed by atoms with van der Waals surface area (Å²) >= 11 is 5.70. The quantitative estimate of drug-likeness (QED) is 0.787. The van der Waals surface area contributed by atoms with Crippen LogP contribution in [-0.4, -0.2) is 18.3 Å². The van der Waals surface area contributed by atoms with Crippen LogP contribution < -0.4 is 5.32 Å². The molecule has 1 aromatic carbocycles. The van der Waals surface area contributed by atoms with Gasteiger partial charge in [0.05, 0.1) is 5.41 Å². The van der Waals surface area contributed by atoms with Crippen LogP contribution in [0.1, 0.15) is 31.7 Å². The van der Waals surface area contributed by atoms with Crippen LogP contribution in [-0.2, 0) is 10.2 Å². The van der Waals surface area contributed by atoms with Gasteiger partial charge in [-0.05, 0) is 30.7 Å². The van der Waals surface area contributed by atoms with Gasteiger partial charge in [0.15, 0.2) is 0 Å². The molecule has 1 fully saturated rings. The number of hydrogen-bond acceptors (Lipinski definition) is 1. The van der Waals surface area contributed by atoms with Gasteiger partial charge < -0.3 is 5.32 Å². The van der Waals surface area contributed by atoms with E-state index in [0.29, 0.717) is 11.8 Å². The largest absolute Gasteiger partial charge is 0.355 e. The maximum atomic E-state index is 12.3. The third-order valence-corrected chi connectivity index (χ3v) is 3.94. The third kappa shape index (κ3) is 2.86. The van der Waals surface area contributed by atoms with E-state index in [-0.39, 0.29) is 11.3 Å². The van der Waals surface area contributed by atoms with Gasteiger partial charge in [0.2, 0.25) is 5.91 Å². The first-order chi connectivity index (χ1) is 8.69. The zero-order chi connectivity index (χ0) is 13.0. The molecule has 1 atom stereocenters. The number of rotatable bonds is 6. The van der Waals surface area contributed by atoms with Crippen molar-refractivity contribution in [2.24, 2.45) is 5.92 Å². The Morgan fingerprint density at radius 2 is 2.06 bits per heavy atom. The highest BCUT2D eigenvalue weighted by atomic mass is 35.5. The van der Waals surface area contributed by atoms with E-state index >= 15 is 0 Å². The number of nitrogens with one attached hydrogen (secondary N) is 1. The summed E-state index contributed by atoms with van der Waals surface area (Å²) < 4.78 is 0. The van der Waals surface area contributed by atoms with Gasteiger partial charge in [0.25, 0.3) is 0 Å².